The van der Waals surface area contributed by atoms with E-state index >= 15 is 0 Å². The summed E-state index contributed by atoms with van der Waals surface area (Å²) in [6, 6.07) is 15.7. The van der Waals surface area contributed by atoms with Gasteiger partial charge in [0.05, 0.1) is 24.3 Å². The molecule has 4 rings (SSSR count). The van der Waals surface area contributed by atoms with Crippen LogP contribution in [0.5, 0.6) is 0 Å². The molecule has 1 fully saturated rings. The van der Waals surface area contributed by atoms with Crippen molar-refractivity contribution < 1.29 is 24.2 Å². The summed E-state index contributed by atoms with van der Waals surface area (Å²) < 4.78 is 5.19. The molecule has 0 saturated carbocycles. The molecule has 0 spiro atoms. The van der Waals surface area contributed by atoms with E-state index in [2.05, 4.69) is 5.32 Å². The Morgan fingerprint density at radius 2 is 1.67 bits per heavy atom. The standard InChI is InChI=1S/C30H36N4O5/c1-30(2,29(38)34-14-12-21(13-15-34)20-25(35)36)26(22-6-4-3-5-7-22)32-28(37)24-10-8-23(9-11-24)27(31)33-16-18-39-19-17-33/h3-11,16,18,21,26,31H,12-15,17,19-20H2,1-2H3,(H,32,37)(H,35,36). The van der Waals surface area contributed by atoms with E-state index in [0.29, 0.717) is 56.0 Å². The minimum Gasteiger partial charge on any atom is -0.498 e. The fraction of sp³-hybridized carbons (Fsp3) is 0.400. The second-order valence-electron chi connectivity index (χ2n) is 10.6. The van der Waals surface area contributed by atoms with Crippen LogP contribution < -0.4 is 5.32 Å². The van der Waals surface area contributed by atoms with Crippen LogP contribution >= 0.6 is 0 Å². The normalized spacial score (nSPS) is 16.8. The van der Waals surface area contributed by atoms with E-state index in [9.17, 15) is 14.4 Å². The Balaban J connectivity index is 1.49. The molecular weight excluding hydrogens is 496 g/mol. The molecule has 206 valence electrons. The Kier molecular flexibility index (Phi) is 8.69. The number of benzene rings is 2. The molecule has 9 heteroatoms. The predicted molar refractivity (Wildman–Crippen MR) is 147 cm³/mol. The molecule has 1 atom stereocenters. The summed E-state index contributed by atoms with van der Waals surface area (Å²) in [5.41, 5.74) is 0.978. The number of carbonyl (C=O) groups excluding carboxylic acids is 2. The van der Waals surface area contributed by atoms with Crippen molar-refractivity contribution in [2.45, 2.75) is 39.2 Å². The molecular formula is C30H36N4O5. The van der Waals surface area contributed by atoms with E-state index in [-0.39, 0.29) is 24.2 Å². The van der Waals surface area contributed by atoms with Crippen molar-refractivity contribution in [3.8, 4) is 0 Å². The van der Waals surface area contributed by atoms with Gasteiger partial charge in [-0.25, -0.2) is 0 Å². The third kappa shape index (κ3) is 6.66. The number of nitrogens with zero attached hydrogens (tertiary/aromatic N) is 2. The summed E-state index contributed by atoms with van der Waals surface area (Å²) in [6.07, 6.45) is 4.70. The quantitative estimate of drug-likeness (QED) is 0.349. The average Bonchev–Trinajstić information content (AvgIpc) is 2.96. The van der Waals surface area contributed by atoms with E-state index < -0.39 is 17.4 Å². The largest absolute Gasteiger partial charge is 0.498 e. The van der Waals surface area contributed by atoms with Crippen LogP contribution in [-0.4, -0.2) is 64.8 Å². The van der Waals surface area contributed by atoms with Gasteiger partial charge in [0.2, 0.25) is 5.91 Å². The minimum absolute atomic E-state index is 0.0722. The number of ether oxygens (including phenoxy) is 1. The van der Waals surface area contributed by atoms with Crippen molar-refractivity contribution in [3.63, 3.8) is 0 Å². The summed E-state index contributed by atoms with van der Waals surface area (Å²) in [5, 5.41) is 20.7. The number of amidine groups is 1. The fourth-order valence-corrected chi connectivity index (χ4v) is 5.20. The Labute approximate surface area is 229 Å². The van der Waals surface area contributed by atoms with Gasteiger partial charge in [-0.1, -0.05) is 42.5 Å². The summed E-state index contributed by atoms with van der Waals surface area (Å²) in [7, 11) is 0. The van der Waals surface area contributed by atoms with Gasteiger partial charge in [0.1, 0.15) is 12.4 Å². The van der Waals surface area contributed by atoms with Crippen molar-refractivity contribution in [3.05, 3.63) is 83.7 Å². The van der Waals surface area contributed by atoms with Crippen LogP contribution in [0.25, 0.3) is 0 Å². The van der Waals surface area contributed by atoms with Crippen LogP contribution in [0, 0.1) is 16.7 Å². The Bertz CT molecular complexity index is 1220. The number of likely N-dealkylation sites (tertiary alicyclic amines) is 1. The first-order valence-electron chi connectivity index (χ1n) is 13.3. The van der Waals surface area contributed by atoms with Gasteiger partial charge in [-0.15, -0.1) is 0 Å². The zero-order valence-corrected chi connectivity index (χ0v) is 22.4. The lowest BCUT2D eigenvalue weighted by atomic mass is 9.78. The molecule has 2 aliphatic rings. The SMILES string of the molecule is CC(C)(C(=O)N1CCC(CC(=O)O)CC1)C(NC(=O)c1ccc(C(=N)N2C=COCC2)cc1)c1ccccc1. The summed E-state index contributed by atoms with van der Waals surface area (Å²) >= 11 is 0. The molecule has 2 amide bonds. The molecule has 1 unspecified atom stereocenters. The van der Waals surface area contributed by atoms with Gasteiger partial charge < -0.3 is 25.0 Å². The van der Waals surface area contributed by atoms with Crippen molar-refractivity contribution in [2.75, 3.05) is 26.2 Å². The molecule has 0 aromatic heterocycles. The number of amides is 2. The number of hydrogen-bond donors (Lipinski definition) is 3. The third-order valence-corrected chi connectivity index (χ3v) is 7.54. The summed E-state index contributed by atoms with van der Waals surface area (Å²) in [6.45, 7) is 5.78. The van der Waals surface area contributed by atoms with Crippen LogP contribution in [-0.2, 0) is 14.3 Å². The first-order chi connectivity index (χ1) is 18.7. The van der Waals surface area contributed by atoms with Gasteiger partial charge in [0.25, 0.3) is 5.91 Å². The van der Waals surface area contributed by atoms with Gasteiger partial charge in [0.15, 0.2) is 0 Å². The first-order valence-corrected chi connectivity index (χ1v) is 13.3. The Morgan fingerprint density at radius 1 is 1.03 bits per heavy atom. The van der Waals surface area contributed by atoms with Crippen molar-refractivity contribution in [2.24, 2.45) is 11.3 Å². The van der Waals surface area contributed by atoms with E-state index in [1.165, 1.54) is 0 Å². The number of aliphatic carboxylic acids is 1. The highest BCUT2D eigenvalue weighted by molar-refractivity contribution is 5.99. The summed E-state index contributed by atoms with van der Waals surface area (Å²) in [4.78, 5) is 41.9. The van der Waals surface area contributed by atoms with Crippen LogP contribution in [0.2, 0.25) is 0 Å². The van der Waals surface area contributed by atoms with Gasteiger partial charge in [-0.05, 0) is 50.3 Å². The number of carbonyl (C=O) groups is 3. The number of nitrogens with one attached hydrogen (secondary N) is 2. The Hall–Kier alpha value is -4.14. The highest BCUT2D eigenvalue weighted by atomic mass is 16.5. The highest BCUT2D eigenvalue weighted by Gasteiger charge is 2.42. The predicted octanol–water partition coefficient (Wildman–Crippen LogP) is 4.03. The van der Waals surface area contributed by atoms with Gasteiger partial charge in [0, 0.05) is 36.8 Å². The smallest absolute Gasteiger partial charge is 0.303 e. The fourth-order valence-electron chi connectivity index (χ4n) is 5.20. The zero-order valence-electron chi connectivity index (χ0n) is 22.4. The van der Waals surface area contributed by atoms with E-state index in [1.807, 2.05) is 44.2 Å². The van der Waals surface area contributed by atoms with E-state index in [1.54, 1.807) is 46.5 Å². The average molecular weight is 533 g/mol. The number of hydrogen-bond acceptors (Lipinski definition) is 5. The van der Waals surface area contributed by atoms with E-state index in [0.717, 1.165) is 5.56 Å². The molecule has 0 bridgehead atoms. The lowest BCUT2D eigenvalue weighted by Crippen LogP contribution is -2.51. The third-order valence-electron chi connectivity index (χ3n) is 7.54. The van der Waals surface area contributed by atoms with Crippen LogP contribution in [0.15, 0.2) is 67.1 Å². The molecule has 39 heavy (non-hydrogen) atoms. The van der Waals surface area contributed by atoms with Gasteiger partial charge in [-0.3, -0.25) is 19.8 Å². The molecule has 0 radical (unpaired) electrons. The number of carboxylic acid groups (broad SMARTS) is 1. The van der Waals surface area contributed by atoms with Crippen LogP contribution in [0.3, 0.4) is 0 Å². The van der Waals surface area contributed by atoms with Gasteiger partial charge >= 0.3 is 5.97 Å². The maximum Gasteiger partial charge on any atom is 0.303 e. The molecule has 9 nitrogen and oxygen atoms in total. The van der Waals surface area contributed by atoms with Crippen molar-refractivity contribution in [1.82, 2.24) is 15.1 Å². The maximum absolute atomic E-state index is 13.8. The molecule has 2 aliphatic heterocycles. The van der Waals surface area contributed by atoms with Crippen molar-refractivity contribution in [1.29, 1.82) is 5.41 Å². The lowest BCUT2D eigenvalue weighted by molar-refractivity contribution is -0.144. The topological polar surface area (TPSA) is 123 Å². The van der Waals surface area contributed by atoms with Crippen LogP contribution in [0.4, 0.5) is 0 Å². The second-order valence-corrected chi connectivity index (χ2v) is 10.6. The lowest BCUT2D eigenvalue weighted by Gasteiger charge is -2.40. The van der Waals surface area contributed by atoms with E-state index in [4.69, 9.17) is 15.3 Å². The molecule has 2 aromatic rings. The van der Waals surface area contributed by atoms with Crippen molar-refractivity contribution >= 4 is 23.6 Å². The Morgan fingerprint density at radius 3 is 2.26 bits per heavy atom. The molecule has 2 aromatic carbocycles. The first kappa shape index (κ1) is 27.9. The second kappa shape index (κ2) is 12.1. The maximum atomic E-state index is 13.8. The zero-order chi connectivity index (χ0) is 28.0. The number of carboxylic acids is 1. The highest BCUT2D eigenvalue weighted by Crippen LogP contribution is 2.37. The summed E-state index contributed by atoms with van der Waals surface area (Å²) in [5.74, 6) is -0.803. The minimum atomic E-state index is -0.957. The molecule has 2 heterocycles. The number of piperidine rings is 1. The molecule has 0 aliphatic carbocycles. The monoisotopic (exact) mass is 532 g/mol. The van der Waals surface area contributed by atoms with Crippen LogP contribution in [0.1, 0.15) is 60.6 Å². The molecule has 3 N–H and O–H groups in total. The number of rotatable bonds is 8. The van der Waals surface area contributed by atoms with Gasteiger partial charge in [-0.2, -0.15) is 0 Å². The molecule has 1 saturated heterocycles.